The molecule has 0 unspecified atom stereocenters. The van der Waals surface area contributed by atoms with Crippen LogP contribution in [0.4, 0.5) is 4.79 Å². The molecule has 0 aromatic heterocycles. The summed E-state index contributed by atoms with van der Waals surface area (Å²) in [6.45, 7) is 2.67. The van der Waals surface area contributed by atoms with Crippen molar-refractivity contribution in [1.82, 2.24) is 15.1 Å². The monoisotopic (exact) mass is 439 g/mol. The van der Waals surface area contributed by atoms with E-state index in [4.69, 9.17) is 0 Å². The van der Waals surface area contributed by atoms with E-state index < -0.39 is 23.5 Å². The van der Waals surface area contributed by atoms with Crippen LogP contribution in [-0.4, -0.2) is 40.2 Å². The van der Waals surface area contributed by atoms with Crippen LogP contribution in [0.5, 0.6) is 0 Å². The van der Waals surface area contributed by atoms with Crippen molar-refractivity contribution >= 4 is 17.8 Å². The summed E-state index contributed by atoms with van der Waals surface area (Å²) >= 11 is 0. The van der Waals surface area contributed by atoms with Crippen molar-refractivity contribution in [3.63, 3.8) is 0 Å². The molecular formula is C27H25N3O3. The van der Waals surface area contributed by atoms with Crippen LogP contribution in [0.15, 0.2) is 84.9 Å². The standard InChI is InChI=1S/C27H25N3O3/c1-19(24(31)29-17-16-20-10-8-9-11-21(20)18-29)30-25(32)27(28-26(30)33,22-12-4-2-5-13-22)23-14-6-3-7-15-23/h2-15,19H,16-18H2,1H3,(H,28,33)/t19-/m1/s1. The van der Waals surface area contributed by atoms with Gasteiger partial charge in [-0.2, -0.15) is 0 Å². The van der Waals surface area contributed by atoms with Gasteiger partial charge in [-0.3, -0.25) is 9.59 Å². The van der Waals surface area contributed by atoms with Gasteiger partial charge in [0, 0.05) is 13.1 Å². The summed E-state index contributed by atoms with van der Waals surface area (Å²) in [5, 5.41) is 2.92. The molecule has 0 saturated carbocycles. The van der Waals surface area contributed by atoms with Gasteiger partial charge in [-0.1, -0.05) is 84.9 Å². The Morgan fingerprint density at radius 3 is 2.00 bits per heavy atom. The molecule has 3 aromatic carbocycles. The van der Waals surface area contributed by atoms with Crippen LogP contribution in [0, 0.1) is 0 Å². The highest BCUT2D eigenvalue weighted by molar-refractivity contribution is 6.12. The highest BCUT2D eigenvalue weighted by atomic mass is 16.2. The molecule has 4 amide bonds. The number of amides is 4. The zero-order valence-corrected chi connectivity index (χ0v) is 18.4. The second-order valence-corrected chi connectivity index (χ2v) is 8.54. The van der Waals surface area contributed by atoms with E-state index >= 15 is 0 Å². The topological polar surface area (TPSA) is 69.7 Å². The summed E-state index contributed by atoms with van der Waals surface area (Å²) in [5.74, 6) is -0.673. The fourth-order valence-electron chi connectivity index (χ4n) is 4.89. The molecule has 2 aliphatic heterocycles. The molecule has 33 heavy (non-hydrogen) atoms. The normalized spacial score (nSPS) is 18.0. The van der Waals surface area contributed by atoms with Crippen molar-refractivity contribution in [2.24, 2.45) is 0 Å². The Morgan fingerprint density at radius 1 is 0.848 bits per heavy atom. The Labute approximate surface area is 192 Å². The first kappa shape index (κ1) is 20.9. The van der Waals surface area contributed by atoms with Crippen molar-refractivity contribution in [2.45, 2.75) is 31.5 Å². The summed E-state index contributed by atoms with van der Waals surface area (Å²) in [7, 11) is 0. The van der Waals surface area contributed by atoms with Gasteiger partial charge >= 0.3 is 6.03 Å². The molecule has 2 heterocycles. The van der Waals surface area contributed by atoms with Gasteiger partial charge in [0.2, 0.25) is 5.91 Å². The largest absolute Gasteiger partial charge is 0.336 e. The predicted molar refractivity (Wildman–Crippen MR) is 124 cm³/mol. The molecule has 0 bridgehead atoms. The third kappa shape index (κ3) is 3.39. The summed E-state index contributed by atoms with van der Waals surface area (Å²) in [6.07, 6.45) is 0.757. The molecule has 0 spiro atoms. The minimum Gasteiger partial charge on any atom is -0.336 e. The SMILES string of the molecule is C[C@H](C(=O)N1CCc2ccccc2C1)N1C(=O)NC(c2ccccc2)(c2ccccc2)C1=O. The zero-order valence-electron chi connectivity index (χ0n) is 18.4. The van der Waals surface area contributed by atoms with E-state index in [1.807, 2.05) is 78.9 Å². The highest BCUT2D eigenvalue weighted by Crippen LogP contribution is 2.37. The van der Waals surface area contributed by atoms with Crippen molar-refractivity contribution in [2.75, 3.05) is 6.54 Å². The van der Waals surface area contributed by atoms with Gasteiger partial charge in [0.15, 0.2) is 5.54 Å². The minimum absolute atomic E-state index is 0.232. The quantitative estimate of drug-likeness (QED) is 0.633. The van der Waals surface area contributed by atoms with Crippen LogP contribution in [0.3, 0.4) is 0 Å². The fraction of sp³-hybridized carbons (Fsp3) is 0.222. The number of nitrogens with one attached hydrogen (secondary N) is 1. The van der Waals surface area contributed by atoms with E-state index in [1.165, 1.54) is 5.56 Å². The van der Waals surface area contributed by atoms with Gasteiger partial charge in [0.25, 0.3) is 5.91 Å². The maximum absolute atomic E-state index is 13.9. The average molecular weight is 440 g/mol. The van der Waals surface area contributed by atoms with E-state index in [9.17, 15) is 14.4 Å². The molecule has 1 fully saturated rings. The molecule has 1 saturated heterocycles. The van der Waals surface area contributed by atoms with Gasteiger partial charge in [-0.05, 0) is 35.6 Å². The first-order valence-corrected chi connectivity index (χ1v) is 11.1. The van der Waals surface area contributed by atoms with E-state index in [1.54, 1.807) is 11.8 Å². The zero-order chi connectivity index (χ0) is 23.0. The first-order valence-electron chi connectivity index (χ1n) is 11.1. The molecule has 1 N–H and O–H groups in total. The first-order chi connectivity index (χ1) is 16.0. The molecule has 5 rings (SSSR count). The smallest absolute Gasteiger partial charge is 0.326 e. The number of imide groups is 1. The Bertz CT molecular complexity index is 1170. The third-order valence-corrected chi connectivity index (χ3v) is 6.65. The minimum atomic E-state index is -1.37. The number of carbonyl (C=O) groups excluding carboxylic acids is 3. The van der Waals surface area contributed by atoms with Crippen LogP contribution in [0.2, 0.25) is 0 Å². The van der Waals surface area contributed by atoms with Gasteiger partial charge < -0.3 is 10.2 Å². The molecule has 6 heteroatoms. The summed E-state index contributed by atoms with van der Waals surface area (Å²) in [4.78, 5) is 43.4. The van der Waals surface area contributed by atoms with Crippen LogP contribution in [0.25, 0.3) is 0 Å². The van der Waals surface area contributed by atoms with E-state index in [-0.39, 0.29) is 5.91 Å². The lowest BCUT2D eigenvalue weighted by Gasteiger charge is -2.33. The van der Waals surface area contributed by atoms with E-state index in [0.717, 1.165) is 16.9 Å². The lowest BCUT2D eigenvalue weighted by molar-refractivity contribution is -0.143. The fourth-order valence-corrected chi connectivity index (χ4v) is 4.89. The molecule has 1 atom stereocenters. The molecular weight excluding hydrogens is 414 g/mol. The second kappa shape index (κ2) is 8.20. The summed E-state index contributed by atoms with van der Waals surface area (Å²) < 4.78 is 0. The summed E-state index contributed by atoms with van der Waals surface area (Å²) in [6, 6.07) is 24.9. The molecule has 166 valence electrons. The number of carbonyl (C=O) groups is 3. The maximum atomic E-state index is 13.9. The molecule has 2 aliphatic rings. The van der Waals surface area contributed by atoms with Gasteiger partial charge in [0.1, 0.15) is 6.04 Å². The number of hydrogen-bond donors (Lipinski definition) is 1. The Balaban J connectivity index is 1.48. The number of nitrogens with zero attached hydrogens (tertiary/aromatic N) is 2. The molecule has 3 aromatic rings. The number of hydrogen-bond acceptors (Lipinski definition) is 3. The van der Waals surface area contributed by atoms with Gasteiger partial charge in [0.05, 0.1) is 0 Å². The average Bonchev–Trinajstić information content (AvgIpc) is 3.14. The number of rotatable bonds is 4. The maximum Gasteiger partial charge on any atom is 0.326 e. The second-order valence-electron chi connectivity index (χ2n) is 8.54. The van der Waals surface area contributed by atoms with Crippen molar-refractivity contribution in [1.29, 1.82) is 0 Å². The lowest BCUT2D eigenvalue weighted by Crippen LogP contribution is -2.52. The van der Waals surface area contributed by atoms with Crippen LogP contribution >= 0.6 is 0 Å². The summed E-state index contributed by atoms with van der Waals surface area (Å²) in [5.41, 5.74) is 2.27. The van der Waals surface area contributed by atoms with Crippen molar-refractivity contribution in [3.8, 4) is 0 Å². The molecule has 0 radical (unpaired) electrons. The van der Waals surface area contributed by atoms with Crippen molar-refractivity contribution in [3.05, 3.63) is 107 Å². The van der Waals surface area contributed by atoms with Crippen LogP contribution in [-0.2, 0) is 28.1 Å². The van der Waals surface area contributed by atoms with Crippen LogP contribution < -0.4 is 5.32 Å². The van der Waals surface area contributed by atoms with Gasteiger partial charge in [-0.15, -0.1) is 0 Å². The lowest BCUT2D eigenvalue weighted by atomic mass is 9.82. The van der Waals surface area contributed by atoms with Crippen molar-refractivity contribution < 1.29 is 14.4 Å². The van der Waals surface area contributed by atoms with Gasteiger partial charge in [-0.25, -0.2) is 9.69 Å². The van der Waals surface area contributed by atoms with Crippen LogP contribution in [0.1, 0.15) is 29.2 Å². The number of urea groups is 1. The number of benzene rings is 3. The predicted octanol–water partition coefficient (Wildman–Crippen LogP) is 3.46. The third-order valence-electron chi connectivity index (χ3n) is 6.65. The van der Waals surface area contributed by atoms with E-state index in [0.29, 0.717) is 24.2 Å². The highest BCUT2D eigenvalue weighted by Gasteiger charge is 2.56. The van der Waals surface area contributed by atoms with E-state index in [2.05, 4.69) is 11.4 Å². The molecule has 6 nitrogen and oxygen atoms in total. The molecule has 0 aliphatic carbocycles. The Kier molecular flexibility index (Phi) is 5.21. The Hall–Kier alpha value is -3.93. The Morgan fingerprint density at radius 2 is 1.39 bits per heavy atom. The number of fused-ring (bicyclic) bond motifs is 1.